The zero-order valence-corrected chi connectivity index (χ0v) is 11.9. The lowest BCUT2D eigenvalue weighted by Gasteiger charge is -2.33. The van der Waals surface area contributed by atoms with Gasteiger partial charge in [0.15, 0.2) is 0 Å². The average molecular weight is 246 g/mol. The highest BCUT2D eigenvalue weighted by molar-refractivity contribution is 5.86. The Morgan fingerprint density at radius 2 is 1.94 bits per heavy atom. The van der Waals surface area contributed by atoms with Gasteiger partial charge in [-0.15, -0.1) is 0 Å². The summed E-state index contributed by atoms with van der Waals surface area (Å²) in [6, 6.07) is 8.31. The molecule has 0 bridgehead atoms. The minimum absolute atomic E-state index is 0.104. The molecule has 1 aromatic carbocycles. The minimum Gasteiger partial charge on any atom is -0.495 e. The third-order valence-corrected chi connectivity index (χ3v) is 3.74. The molecule has 0 aliphatic heterocycles. The number of rotatable bonds is 4. The van der Waals surface area contributed by atoms with Crippen molar-refractivity contribution < 1.29 is 4.74 Å². The van der Waals surface area contributed by atoms with Crippen molar-refractivity contribution in [3.8, 4) is 5.75 Å². The molecule has 0 amide bonds. The van der Waals surface area contributed by atoms with Crippen LogP contribution >= 0.6 is 0 Å². The first-order valence-corrected chi connectivity index (χ1v) is 6.25. The molecule has 1 aromatic heterocycles. The van der Waals surface area contributed by atoms with E-state index in [4.69, 9.17) is 4.74 Å². The zero-order valence-electron chi connectivity index (χ0n) is 11.9. The minimum atomic E-state index is 0.104. The number of para-hydroxylation sites is 1. The lowest BCUT2D eigenvalue weighted by Crippen LogP contribution is -2.41. The van der Waals surface area contributed by atoms with E-state index >= 15 is 0 Å². The van der Waals surface area contributed by atoms with Crippen LogP contribution in [0.2, 0.25) is 0 Å². The Kier molecular flexibility index (Phi) is 3.35. The van der Waals surface area contributed by atoms with E-state index in [0.717, 1.165) is 12.3 Å². The Labute approximate surface area is 109 Å². The van der Waals surface area contributed by atoms with Crippen LogP contribution in [0.4, 0.5) is 0 Å². The van der Waals surface area contributed by atoms with Gasteiger partial charge in [0.1, 0.15) is 5.75 Å². The fraction of sp³-hybridized carbons (Fsp3) is 0.467. The van der Waals surface area contributed by atoms with Crippen LogP contribution in [0.3, 0.4) is 0 Å². The van der Waals surface area contributed by atoms with Crippen LogP contribution in [0.1, 0.15) is 13.8 Å². The third-order valence-electron chi connectivity index (χ3n) is 3.74. The van der Waals surface area contributed by atoms with Gasteiger partial charge in [-0.1, -0.05) is 12.1 Å². The van der Waals surface area contributed by atoms with E-state index in [2.05, 4.69) is 55.7 Å². The van der Waals surface area contributed by atoms with Crippen LogP contribution in [0, 0.1) is 0 Å². The van der Waals surface area contributed by atoms with E-state index in [1.165, 1.54) is 10.9 Å². The molecule has 0 radical (unpaired) electrons. The molecule has 0 N–H and O–H groups in total. The molecule has 3 nitrogen and oxygen atoms in total. The topological polar surface area (TPSA) is 17.4 Å². The summed E-state index contributed by atoms with van der Waals surface area (Å²) in [4.78, 5) is 2.24. The monoisotopic (exact) mass is 246 g/mol. The molecular formula is C15H22N2O. The molecule has 0 atom stereocenters. The molecule has 98 valence electrons. The largest absolute Gasteiger partial charge is 0.495 e. The second kappa shape index (κ2) is 4.65. The maximum Gasteiger partial charge on any atom is 0.143 e. The van der Waals surface area contributed by atoms with E-state index in [9.17, 15) is 0 Å². The molecule has 0 unspecified atom stereocenters. The smallest absolute Gasteiger partial charge is 0.143 e. The molecule has 0 fully saturated rings. The first-order chi connectivity index (χ1) is 8.45. The predicted octanol–water partition coefficient (Wildman–Crippen LogP) is 2.99. The van der Waals surface area contributed by atoms with Gasteiger partial charge in [0.2, 0.25) is 0 Å². The summed E-state index contributed by atoms with van der Waals surface area (Å²) in [7, 11) is 5.95. The highest BCUT2D eigenvalue weighted by Crippen LogP contribution is 2.28. The molecule has 1 heterocycles. The number of methoxy groups -OCH3 is 1. The summed E-state index contributed by atoms with van der Waals surface area (Å²) >= 11 is 0. The molecule has 3 heteroatoms. The Morgan fingerprint density at radius 1 is 1.22 bits per heavy atom. The van der Waals surface area contributed by atoms with E-state index < -0.39 is 0 Å². The average Bonchev–Trinajstić information content (AvgIpc) is 2.71. The van der Waals surface area contributed by atoms with Crippen molar-refractivity contribution in [2.75, 3.05) is 21.2 Å². The van der Waals surface area contributed by atoms with Crippen LogP contribution in [0.15, 0.2) is 30.5 Å². The molecule has 0 saturated carbocycles. The van der Waals surface area contributed by atoms with Gasteiger partial charge in [0.05, 0.1) is 12.6 Å². The number of fused-ring (bicyclic) bond motifs is 1. The van der Waals surface area contributed by atoms with Gasteiger partial charge < -0.3 is 14.2 Å². The Balaban J connectivity index is 2.46. The van der Waals surface area contributed by atoms with Crippen molar-refractivity contribution in [3.63, 3.8) is 0 Å². The predicted molar refractivity (Wildman–Crippen MR) is 76.3 cm³/mol. The van der Waals surface area contributed by atoms with Gasteiger partial charge in [-0.25, -0.2) is 0 Å². The Hall–Kier alpha value is -1.48. The van der Waals surface area contributed by atoms with Crippen molar-refractivity contribution in [2.24, 2.45) is 0 Å². The fourth-order valence-corrected chi connectivity index (χ4v) is 2.08. The number of nitrogens with zero attached hydrogens (tertiary/aromatic N) is 2. The number of aromatic nitrogens is 1. The summed E-state index contributed by atoms with van der Waals surface area (Å²) in [5.74, 6) is 0.937. The molecule has 0 spiro atoms. The maximum absolute atomic E-state index is 5.47. The second-order valence-electron chi connectivity index (χ2n) is 5.55. The van der Waals surface area contributed by atoms with Crippen molar-refractivity contribution >= 4 is 10.9 Å². The van der Waals surface area contributed by atoms with E-state index in [-0.39, 0.29) is 5.54 Å². The summed E-state index contributed by atoms with van der Waals surface area (Å²) in [5.41, 5.74) is 1.28. The normalized spacial score (nSPS) is 12.3. The molecule has 18 heavy (non-hydrogen) atoms. The molecule has 2 aromatic rings. The number of benzene rings is 1. The van der Waals surface area contributed by atoms with Gasteiger partial charge in [-0.05, 0) is 40.1 Å². The highest BCUT2D eigenvalue weighted by atomic mass is 16.5. The van der Waals surface area contributed by atoms with Gasteiger partial charge in [0.25, 0.3) is 0 Å². The number of likely N-dealkylation sites (N-methyl/N-ethyl adjacent to an activating group) is 1. The SMILES string of the molecule is COc1cccc2ccn(CC(C)(C)N(C)C)c12. The maximum atomic E-state index is 5.47. The van der Waals surface area contributed by atoms with E-state index in [1.54, 1.807) is 7.11 Å². The van der Waals surface area contributed by atoms with Crippen molar-refractivity contribution in [2.45, 2.75) is 25.9 Å². The Bertz CT molecular complexity index is 540. The van der Waals surface area contributed by atoms with Crippen LogP contribution in [0.25, 0.3) is 10.9 Å². The van der Waals surface area contributed by atoms with Crippen molar-refractivity contribution in [1.82, 2.24) is 9.47 Å². The lowest BCUT2D eigenvalue weighted by molar-refractivity contribution is 0.171. The molecular weight excluding hydrogens is 224 g/mol. The summed E-state index contributed by atoms with van der Waals surface area (Å²) in [6.07, 6.45) is 2.14. The van der Waals surface area contributed by atoms with Gasteiger partial charge in [-0.2, -0.15) is 0 Å². The summed E-state index contributed by atoms with van der Waals surface area (Å²) < 4.78 is 7.74. The number of hydrogen-bond donors (Lipinski definition) is 0. The lowest BCUT2D eigenvalue weighted by atomic mass is 10.0. The highest BCUT2D eigenvalue weighted by Gasteiger charge is 2.22. The molecule has 0 aliphatic carbocycles. The van der Waals surface area contributed by atoms with Crippen LogP contribution in [0.5, 0.6) is 5.75 Å². The van der Waals surface area contributed by atoms with E-state index in [1.807, 2.05) is 12.1 Å². The zero-order chi connectivity index (χ0) is 13.3. The van der Waals surface area contributed by atoms with Crippen molar-refractivity contribution in [3.05, 3.63) is 30.5 Å². The summed E-state index contributed by atoms with van der Waals surface area (Å²) in [6.45, 7) is 5.42. The Morgan fingerprint density at radius 3 is 2.56 bits per heavy atom. The quantitative estimate of drug-likeness (QED) is 0.825. The molecule has 0 aliphatic rings. The van der Waals surface area contributed by atoms with Gasteiger partial charge in [0, 0.05) is 23.7 Å². The summed E-state index contributed by atoms with van der Waals surface area (Å²) in [5, 5.41) is 1.23. The standard InChI is InChI=1S/C15H22N2O/c1-15(2,16(3)4)11-17-10-9-12-7-6-8-13(18-5)14(12)17/h6-10H,11H2,1-5H3. The first-order valence-electron chi connectivity index (χ1n) is 6.25. The van der Waals surface area contributed by atoms with Crippen LogP contribution in [-0.2, 0) is 6.54 Å². The number of hydrogen-bond acceptors (Lipinski definition) is 2. The fourth-order valence-electron chi connectivity index (χ4n) is 2.08. The second-order valence-corrected chi connectivity index (χ2v) is 5.55. The van der Waals surface area contributed by atoms with Crippen molar-refractivity contribution in [1.29, 1.82) is 0 Å². The van der Waals surface area contributed by atoms with Gasteiger partial charge in [-0.3, -0.25) is 0 Å². The van der Waals surface area contributed by atoms with E-state index in [0.29, 0.717) is 0 Å². The number of ether oxygens (including phenoxy) is 1. The molecule has 0 saturated heterocycles. The first kappa shape index (κ1) is 13.0. The third kappa shape index (κ3) is 2.23. The van der Waals surface area contributed by atoms with Crippen LogP contribution in [-0.4, -0.2) is 36.2 Å². The van der Waals surface area contributed by atoms with Gasteiger partial charge >= 0.3 is 0 Å². The molecule has 2 rings (SSSR count). The van der Waals surface area contributed by atoms with Crippen LogP contribution < -0.4 is 4.74 Å².